The van der Waals surface area contributed by atoms with Crippen molar-refractivity contribution in [3.8, 4) is 0 Å². The Morgan fingerprint density at radius 3 is 2.47 bits per heavy atom. The van der Waals surface area contributed by atoms with Gasteiger partial charge in [0, 0.05) is 26.4 Å². The van der Waals surface area contributed by atoms with Gasteiger partial charge in [-0.3, -0.25) is 0 Å². The molecule has 0 spiro atoms. The molecule has 4 heteroatoms. The normalized spacial score (nSPS) is 12.6. The zero-order valence-electron chi connectivity index (χ0n) is 10.9. The maximum atomic E-state index is 12.8. The van der Waals surface area contributed by atoms with Crippen molar-refractivity contribution in [1.82, 2.24) is 0 Å². The molecule has 0 aliphatic heterocycles. The molecule has 0 radical (unpaired) electrons. The van der Waals surface area contributed by atoms with Crippen LogP contribution in [0.25, 0.3) is 0 Å². The van der Waals surface area contributed by atoms with E-state index in [0.717, 1.165) is 23.5 Å². The molecule has 2 aromatic rings. The molecule has 0 saturated carbocycles. The Morgan fingerprint density at radius 2 is 1.84 bits per heavy atom. The Hall–Kier alpha value is -0.840. The van der Waals surface area contributed by atoms with Crippen LogP contribution >= 0.6 is 23.1 Å². The number of hydrogen-bond acceptors (Lipinski definition) is 3. The number of aryl methyl sites for hydroxylation is 1. The van der Waals surface area contributed by atoms with Crippen LogP contribution in [0.3, 0.4) is 0 Å². The highest BCUT2D eigenvalue weighted by Gasteiger charge is 2.07. The lowest BCUT2D eigenvalue weighted by molar-refractivity contribution is 0.626. The van der Waals surface area contributed by atoms with E-state index >= 15 is 0 Å². The standard InChI is InChI=1S/C15H18FNS2/c1-2-13-7-8-15(19-13)9-12(17)10-18-14-5-3-11(16)4-6-14/h3-8,12H,2,9-10,17H2,1H3. The molecule has 2 N–H and O–H groups in total. The van der Waals surface area contributed by atoms with E-state index in [1.165, 1.54) is 21.9 Å². The molecular formula is C15H18FNS2. The van der Waals surface area contributed by atoms with Gasteiger partial charge in [0.25, 0.3) is 0 Å². The summed E-state index contributed by atoms with van der Waals surface area (Å²) in [6.45, 7) is 2.17. The van der Waals surface area contributed by atoms with Gasteiger partial charge in [0.15, 0.2) is 0 Å². The summed E-state index contributed by atoms with van der Waals surface area (Å²) in [5.74, 6) is 0.657. The SMILES string of the molecule is CCc1ccc(CC(N)CSc2ccc(F)cc2)s1. The maximum absolute atomic E-state index is 12.8. The van der Waals surface area contributed by atoms with Gasteiger partial charge in [0.2, 0.25) is 0 Å². The van der Waals surface area contributed by atoms with Crippen LogP contribution in [0.1, 0.15) is 16.7 Å². The first-order chi connectivity index (χ1) is 9.17. The van der Waals surface area contributed by atoms with Gasteiger partial charge in [0.1, 0.15) is 5.82 Å². The Bertz CT molecular complexity index is 507. The van der Waals surface area contributed by atoms with Crippen LogP contribution in [0.2, 0.25) is 0 Å². The number of thioether (sulfide) groups is 1. The molecule has 1 heterocycles. The van der Waals surface area contributed by atoms with Crippen molar-refractivity contribution < 1.29 is 4.39 Å². The maximum Gasteiger partial charge on any atom is 0.123 e. The molecule has 0 amide bonds. The predicted octanol–water partition coefficient (Wildman–Crippen LogP) is 4.11. The van der Waals surface area contributed by atoms with E-state index in [9.17, 15) is 4.39 Å². The fourth-order valence-corrected chi connectivity index (χ4v) is 3.68. The van der Waals surface area contributed by atoms with E-state index < -0.39 is 0 Å². The molecule has 1 unspecified atom stereocenters. The topological polar surface area (TPSA) is 26.0 Å². The Morgan fingerprint density at radius 1 is 1.16 bits per heavy atom. The number of benzene rings is 1. The zero-order chi connectivity index (χ0) is 13.7. The highest BCUT2D eigenvalue weighted by molar-refractivity contribution is 7.99. The van der Waals surface area contributed by atoms with Crippen LogP contribution < -0.4 is 5.73 Å². The summed E-state index contributed by atoms with van der Waals surface area (Å²) in [6, 6.07) is 11.1. The number of halogens is 1. The minimum absolute atomic E-state index is 0.137. The lowest BCUT2D eigenvalue weighted by atomic mass is 10.2. The van der Waals surface area contributed by atoms with Crippen molar-refractivity contribution >= 4 is 23.1 Å². The summed E-state index contributed by atoms with van der Waals surface area (Å²) in [4.78, 5) is 3.83. The molecule has 19 heavy (non-hydrogen) atoms. The van der Waals surface area contributed by atoms with Gasteiger partial charge in [0.05, 0.1) is 0 Å². The average molecular weight is 295 g/mol. The Kier molecular flexibility index (Phi) is 5.43. The second-order valence-electron chi connectivity index (χ2n) is 4.45. The van der Waals surface area contributed by atoms with Gasteiger partial charge >= 0.3 is 0 Å². The fraction of sp³-hybridized carbons (Fsp3) is 0.333. The first-order valence-electron chi connectivity index (χ1n) is 6.39. The van der Waals surface area contributed by atoms with Gasteiger partial charge < -0.3 is 5.73 Å². The average Bonchev–Trinajstić information content (AvgIpc) is 2.86. The number of nitrogens with two attached hydrogens (primary N) is 1. The molecule has 0 fully saturated rings. The van der Waals surface area contributed by atoms with Crippen molar-refractivity contribution in [2.24, 2.45) is 5.73 Å². The number of rotatable bonds is 6. The van der Waals surface area contributed by atoms with E-state index in [1.807, 2.05) is 11.3 Å². The summed E-state index contributed by atoms with van der Waals surface area (Å²) >= 11 is 3.53. The summed E-state index contributed by atoms with van der Waals surface area (Å²) in [6.07, 6.45) is 2.00. The van der Waals surface area contributed by atoms with Crippen LogP contribution in [0.5, 0.6) is 0 Å². The van der Waals surface area contributed by atoms with Gasteiger partial charge in [-0.1, -0.05) is 6.92 Å². The van der Waals surface area contributed by atoms with Crippen LogP contribution in [0, 0.1) is 5.82 Å². The van der Waals surface area contributed by atoms with Gasteiger partial charge in [-0.05, 0) is 49.2 Å². The lowest BCUT2D eigenvalue weighted by Gasteiger charge is -2.09. The van der Waals surface area contributed by atoms with E-state index in [4.69, 9.17) is 5.73 Å². The monoisotopic (exact) mass is 295 g/mol. The minimum atomic E-state index is -0.195. The Labute approximate surface area is 122 Å². The third-order valence-electron chi connectivity index (χ3n) is 2.81. The molecule has 102 valence electrons. The number of hydrogen-bond donors (Lipinski definition) is 1. The second kappa shape index (κ2) is 7.08. The highest BCUT2D eigenvalue weighted by atomic mass is 32.2. The fourth-order valence-electron chi connectivity index (χ4n) is 1.77. The van der Waals surface area contributed by atoms with Gasteiger partial charge in [-0.15, -0.1) is 23.1 Å². The van der Waals surface area contributed by atoms with Crippen molar-refractivity contribution in [1.29, 1.82) is 0 Å². The largest absolute Gasteiger partial charge is 0.327 e. The first-order valence-corrected chi connectivity index (χ1v) is 8.19. The quantitative estimate of drug-likeness (QED) is 0.812. The first kappa shape index (κ1) is 14.6. The summed E-state index contributed by atoms with van der Waals surface area (Å²) in [7, 11) is 0. The Balaban J connectivity index is 1.81. The van der Waals surface area contributed by atoms with E-state index in [-0.39, 0.29) is 11.9 Å². The summed E-state index contributed by atoms with van der Waals surface area (Å²) in [5.41, 5.74) is 6.15. The van der Waals surface area contributed by atoms with E-state index in [0.29, 0.717) is 0 Å². The third kappa shape index (κ3) is 4.64. The zero-order valence-corrected chi connectivity index (χ0v) is 12.6. The van der Waals surface area contributed by atoms with Crippen molar-refractivity contribution in [2.75, 3.05) is 5.75 Å². The van der Waals surface area contributed by atoms with Gasteiger partial charge in [-0.2, -0.15) is 0 Å². The molecule has 0 saturated heterocycles. The van der Waals surface area contributed by atoms with Crippen molar-refractivity contribution in [3.63, 3.8) is 0 Å². The van der Waals surface area contributed by atoms with Gasteiger partial charge in [-0.25, -0.2) is 4.39 Å². The van der Waals surface area contributed by atoms with Crippen molar-refractivity contribution in [3.05, 3.63) is 52.0 Å². The third-order valence-corrected chi connectivity index (χ3v) is 5.26. The smallest absolute Gasteiger partial charge is 0.123 e. The lowest BCUT2D eigenvalue weighted by Crippen LogP contribution is -2.25. The molecule has 0 bridgehead atoms. The molecule has 0 aliphatic carbocycles. The van der Waals surface area contributed by atoms with Crippen LogP contribution in [0.4, 0.5) is 4.39 Å². The molecule has 1 aromatic carbocycles. The van der Waals surface area contributed by atoms with Crippen molar-refractivity contribution in [2.45, 2.75) is 30.7 Å². The van der Waals surface area contributed by atoms with Crippen LogP contribution in [-0.4, -0.2) is 11.8 Å². The summed E-state index contributed by atoms with van der Waals surface area (Å²) in [5, 5.41) is 0. The molecular weight excluding hydrogens is 277 g/mol. The number of thiophene rings is 1. The van der Waals surface area contributed by atoms with E-state index in [2.05, 4.69) is 19.1 Å². The molecule has 2 rings (SSSR count). The molecule has 0 aliphatic rings. The summed E-state index contributed by atoms with van der Waals surface area (Å²) < 4.78 is 12.8. The second-order valence-corrected chi connectivity index (χ2v) is 6.80. The molecule has 1 nitrogen and oxygen atoms in total. The molecule has 1 atom stereocenters. The predicted molar refractivity (Wildman–Crippen MR) is 82.5 cm³/mol. The highest BCUT2D eigenvalue weighted by Crippen LogP contribution is 2.22. The van der Waals surface area contributed by atoms with E-state index in [1.54, 1.807) is 23.9 Å². The van der Waals surface area contributed by atoms with Crippen LogP contribution in [0.15, 0.2) is 41.3 Å². The molecule has 1 aromatic heterocycles. The van der Waals surface area contributed by atoms with Crippen LogP contribution in [-0.2, 0) is 12.8 Å². The minimum Gasteiger partial charge on any atom is -0.327 e.